The highest BCUT2D eigenvalue weighted by Gasteiger charge is 2.16. The fourth-order valence-electron chi connectivity index (χ4n) is 2.69. The number of benzene rings is 1. The highest BCUT2D eigenvalue weighted by Crippen LogP contribution is 2.18. The zero-order valence-electron chi connectivity index (χ0n) is 10.9. The largest absolute Gasteiger partial charge is 0.443 e. The number of carbonyl (C=O) groups is 1. The van der Waals surface area contributed by atoms with Gasteiger partial charge >= 0.3 is 0 Å². The first-order chi connectivity index (χ1) is 9.33. The predicted molar refractivity (Wildman–Crippen MR) is 73.0 cm³/mol. The van der Waals surface area contributed by atoms with Gasteiger partial charge in [-0.3, -0.25) is 4.79 Å². The number of oxazole rings is 1. The fraction of sp³-hybridized carbons (Fsp3) is 0.467. The van der Waals surface area contributed by atoms with E-state index >= 15 is 0 Å². The van der Waals surface area contributed by atoms with Gasteiger partial charge in [0.2, 0.25) is 0 Å². The van der Waals surface area contributed by atoms with Gasteiger partial charge < -0.3 is 9.73 Å². The van der Waals surface area contributed by atoms with Crippen LogP contribution in [-0.4, -0.2) is 16.9 Å². The quantitative estimate of drug-likeness (QED) is 0.841. The summed E-state index contributed by atoms with van der Waals surface area (Å²) in [5, 5.41) is 3.13. The van der Waals surface area contributed by atoms with Crippen molar-refractivity contribution in [3.63, 3.8) is 0 Å². The molecular formula is C15H18N2O2. The molecule has 1 aliphatic rings. The van der Waals surface area contributed by atoms with E-state index in [9.17, 15) is 4.79 Å². The summed E-state index contributed by atoms with van der Waals surface area (Å²) in [5.74, 6) is -0.00296. The molecule has 1 aromatic carbocycles. The molecular weight excluding hydrogens is 240 g/mol. The highest BCUT2D eigenvalue weighted by atomic mass is 16.3. The lowest BCUT2D eigenvalue weighted by molar-refractivity contribution is 0.0933. The number of rotatable bonds is 2. The lowest BCUT2D eigenvalue weighted by Crippen LogP contribution is -2.34. The molecule has 0 saturated heterocycles. The van der Waals surface area contributed by atoms with Gasteiger partial charge in [0.1, 0.15) is 5.52 Å². The molecule has 1 N–H and O–H groups in total. The first-order valence-corrected chi connectivity index (χ1v) is 6.97. The van der Waals surface area contributed by atoms with Crippen LogP contribution in [0.2, 0.25) is 0 Å². The summed E-state index contributed by atoms with van der Waals surface area (Å²) >= 11 is 0. The molecule has 0 spiro atoms. The average Bonchev–Trinajstić information content (AvgIpc) is 2.75. The predicted octanol–water partition coefficient (Wildman–Crippen LogP) is 3.28. The molecule has 1 heterocycles. The van der Waals surface area contributed by atoms with Gasteiger partial charge in [-0.25, -0.2) is 4.98 Å². The summed E-state index contributed by atoms with van der Waals surface area (Å²) in [6.07, 6.45) is 8.60. The van der Waals surface area contributed by atoms with Crippen LogP contribution in [0.5, 0.6) is 0 Å². The van der Waals surface area contributed by atoms with Crippen molar-refractivity contribution >= 4 is 17.0 Å². The molecule has 3 rings (SSSR count). The number of carbonyl (C=O) groups excluding carboxylic acids is 1. The van der Waals surface area contributed by atoms with Gasteiger partial charge in [0.15, 0.2) is 12.0 Å². The Morgan fingerprint density at radius 1 is 1.21 bits per heavy atom. The summed E-state index contributed by atoms with van der Waals surface area (Å²) in [7, 11) is 0. The van der Waals surface area contributed by atoms with E-state index in [1.54, 1.807) is 18.2 Å². The minimum absolute atomic E-state index is 0.00296. The van der Waals surface area contributed by atoms with Gasteiger partial charge in [-0.2, -0.15) is 0 Å². The Hall–Kier alpha value is -1.84. The summed E-state index contributed by atoms with van der Waals surface area (Å²) in [4.78, 5) is 16.3. The topological polar surface area (TPSA) is 55.1 Å². The van der Waals surface area contributed by atoms with E-state index in [0.29, 0.717) is 17.2 Å². The van der Waals surface area contributed by atoms with Gasteiger partial charge in [0, 0.05) is 11.6 Å². The van der Waals surface area contributed by atoms with Gasteiger partial charge in [-0.05, 0) is 31.0 Å². The van der Waals surface area contributed by atoms with Gasteiger partial charge in [0.25, 0.3) is 5.91 Å². The molecule has 1 saturated carbocycles. The second kappa shape index (κ2) is 5.43. The van der Waals surface area contributed by atoms with Crippen LogP contribution < -0.4 is 5.32 Å². The van der Waals surface area contributed by atoms with Crippen LogP contribution in [0.4, 0.5) is 0 Å². The Morgan fingerprint density at radius 2 is 2.00 bits per heavy atom. The van der Waals surface area contributed by atoms with Crippen LogP contribution in [0.15, 0.2) is 29.0 Å². The SMILES string of the molecule is O=C(NC1CCCCCC1)c1ccc2ocnc2c1. The van der Waals surface area contributed by atoms with Crippen molar-refractivity contribution in [3.8, 4) is 0 Å². The van der Waals surface area contributed by atoms with E-state index < -0.39 is 0 Å². The van der Waals surface area contributed by atoms with Crippen molar-refractivity contribution in [2.24, 2.45) is 0 Å². The lowest BCUT2D eigenvalue weighted by atomic mass is 10.1. The second-order valence-corrected chi connectivity index (χ2v) is 5.20. The molecule has 1 aromatic heterocycles. The van der Waals surface area contributed by atoms with Crippen molar-refractivity contribution in [1.82, 2.24) is 10.3 Å². The van der Waals surface area contributed by atoms with E-state index in [0.717, 1.165) is 18.4 Å². The normalized spacial score (nSPS) is 17.3. The molecule has 0 radical (unpaired) electrons. The fourth-order valence-corrected chi connectivity index (χ4v) is 2.69. The van der Waals surface area contributed by atoms with Crippen molar-refractivity contribution < 1.29 is 9.21 Å². The summed E-state index contributed by atoms with van der Waals surface area (Å²) in [6.45, 7) is 0. The third kappa shape index (κ3) is 2.78. The first kappa shape index (κ1) is 12.2. The Morgan fingerprint density at radius 3 is 2.79 bits per heavy atom. The zero-order chi connectivity index (χ0) is 13.1. The molecule has 1 aliphatic carbocycles. The zero-order valence-corrected chi connectivity index (χ0v) is 10.9. The monoisotopic (exact) mass is 258 g/mol. The van der Waals surface area contributed by atoms with Crippen LogP contribution in [0, 0.1) is 0 Å². The van der Waals surface area contributed by atoms with Crippen molar-refractivity contribution in [1.29, 1.82) is 0 Å². The molecule has 0 atom stereocenters. The molecule has 100 valence electrons. The van der Waals surface area contributed by atoms with E-state index in [-0.39, 0.29) is 5.91 Å². The van der Waals surface area contributed by atoms with Gasteiger partial charge in [-0.15, -0.1) is 0 Å². The average molecular weight is 258 g/mol. The molecule has 2 aromatic rings. The van der Waals surface area contributed by atoms with Crippen LogP contribution in [0.1, 0.15) is 48.9 Å². The van der Waals surface area contributed by atoms with Crippen molar-refractivity contribution in [3.05, 3.63) is 30.2 Å². The van der Waals surface area contributed by atoms with Crippen LogP contribution >= 0.6 is 0 Å². The lowest BCUT2D eigenvalue weighted by Gasteiger charge is -2.16. The van der Waals surface area contributed by atoms with Gasteiger partial charge in [0.05, 0.1) is 0 Å². The maximum absolute atomic E-state index is 12.2. The number of hydrogen-bond donors (Lipinski definition) is 1. The Kier molecular flexibility index (Phi) is 3.49. The Balaban J connectivity index is 1.71. The third-order valence-electron chi connectivity index (χ3n) is 3.78. The smallest absolute Gasteiger partial charge is 0.251 e. The molecule has 0 unspecified atom stereocenters. The minimum atomic E-state index is -0.00296. The molecule has 0 aliphatic heterocycles. The Labute approximate surface area is 112 Å². The highest BCUT2D eigenvalue weighted by molar-refractivity contribution is 5.97. The van der Waals surface area contributed by atoms with E-state index in [2.05, 4.69) is 10.3 Å². The number of fused-ring (bicyclic) bond motifs is 1. The molecule has 1 amide bonds. The molecule has 4 heteroatoms. The van der Waals surface area contributed by atoms with E-state index in [4.69, 9.17) is 4.42 Å². The van der Waals surface area contributed by atoms with Crippen LogP contribution in [0.3, 0.4) is 0 Å². The van der Waals surface area contributed by atoms with E-state index in [1.807, 2.05) is 0 Å². The summed E-state index contributed by atoms with van der Waals surface area (Å²) in [5.41, 5.74) is 2.10. The molecule has 0 bridgehead atoms. The summed E-state index contributed by atoms with van der Waals surface area (Å²) < 4.78 is 5.18. The first-order valence-electron chi connectivity index (χ1n) is 6.97. The minimum Gasteiger partial charge on any atom is -0.443 e. The maximum Gasteiger partial charge on any atom is 0.251 e. The van der Waals surface area contributed by atoms with Crippen LogP contribution in [0.25, 0.3) is 11.1 Å². The van der Waals surface area contributed by atoms with E-state index in [1.165, 1.54) is 32.1 Å². The molecule has 1 fully saturated rings. The van der Waals surface area contributed by atoms with Gasteiger partial charge in [-0.1, -0.05) is 25.7 Å². The number of nitrogens with one attached hydrogen (secondary N) is 1. The Bertz CT molecular complexity index is 568. The number of hydrogen-bond acceptors (Lipinski definition) is 3. The van der Waals surface area contributed by atoms with Crippen molar-refractivity contribution in [2.45, 2.75) is 44.6 Å². The second-order valence-electron chi connectivity index (χ2n) is 5.20. The maximum atomic E-state index is 12.2. The van der Waals surface area contributed by atoms with Crippen LogP contribution in [-0.2, 0) is 0 Å². The number of aromatic nitrogens is 1. The standard InChI is InChI=1S/C15H18N2O2/c18-15(17-12-5-3-1-2-4-6-12)11-7-8-14-13(9-11)16-10-19-14/h7-10,12H,1-6H2,(H,17,18). The number of nitrogens with zero attached hydrogens (tertiary/aromatic N) is 1. The third-order valence-corrected chi connectivity index (χ3v) is 3.78. The number of amides is 1. The molecule has 4 nitrogen and oxygen atoms in total. The summed E-state index contributed by atoms with van der Waals surface area (Å²) in [6, 6.07) is 5.69. The molecule has 19 heavy (non-hydrogen) atoms. The van der Waals surface area contributed by atoms with Crippen molar-refractivity contribution in [2.75, 3.05) is 0 Å².